The average Bonchev–Trinajstić information content (AvgIpc) is 3.77. The number of fused-ring (bicyclic) bond motifs is 1. The van der Waals surface area contributed by atoms with Gasteiger partial charge in [0, 0.05) is 26.6 Å². The van der Waals surface area contributed by atoms with Gasteiger partial charge in [0.1, 0.15) is 35.5 Å². The highest BCUT2D eigenvalue weighted by Gasteiger charge is 2.39. The zero-order valence-electron chi connectivity index (χ0n) is 23.6. The first kappa shape index (κ1) is 30.3. The molecule has 41 heavy (non-hydrogen) atoms. The Labute approximate surface area is 239 Å². The summed E-state index contributed by atoms with van der Waals surface area (Å²) in [4.78, 5) is 41.4. The van der Waals surface area contributed by atoms with Crippen LogP contribution in [0.15, 0.2) is 42.5 Å². The van der Waals surface area contributed by atoms with E-state index in [-0.39, 0.29) is 42.5 Å². The molecule has 2 aliphatic rings. The fourth-order valence-corrected chi connectivity index (χ4v) is 4.95. The number of nitrogens with one attached hydrogen (secondary N) is 3. The van der Waals surface area contributed by atoms with Gasteiger partial charge in [0.15, 0.2) is 0 Å². The van der Waals surface area contributed by atoms with E-state index in [1.54, 1.807) is 26.1 Å². The predicted molar refractivity (Wildman–Crippen MR) is 150 cm³/mol. The number of amides is 3. The van der Waals surface area contributed by atoms with E-state index < -0.39 is 48.0 Å². The maximum atomic E-state index is 13.5. The highest BCUT2D eigenvalue weighted by Crippen LogP contribution is 2.36. The van der Waals surface area contributed by atoms with E-state index in [0.29, 0.717) is 17.9 Å². The lowest BCUT2D eigenvalue weighted by Gasteiger charge is -2.31. The van der Waals surface area contributed by atoms with Gasteiger partial charge in [-0.15, -0.1) is 0 Å². The van der Waals surface area contributed by atoms with Crippen molar-refractivity contribution in [3.05, 3.63) is 59.4 Å². The van der Waals surface area contributed by atoms with Crippen LogP contribution >= 0.6 is 0 Å². The molecule has 222 valence electrons. The fourth-order valence-electron chi connectivity index (χ4n) is 4.95. The van der Waals surface area contributed by atoms with E-state index in [9.17, 15) is 29.0 Å². The summed E-state index contributed by atoms with van der Waals surface area (Å²) >= 11 is 0. The third-order valence-electron chi connectivity index (χ3n) is 7.70. The van der Waals surface area contributed by atoms with Crippen molar-refractivity contribution in [3.63, 3.8) is 0 Å². The number of phenolic OH excluding ortho intramolecular Hbond substituents is 1. The summed E-state index contributed by atoms with van der Waals surface area (Å²) in [7, 11) is 1.57. The Hall–Kier alpha value is -3.70. The summed E-state index contributed by atoms with van der Waals surface area (Å²) in [6.45, 7) is 3.79. The molecule has 1 fully saturated rings. The van der Waals surface area contributed by atoms with Crippen LogP contribution in [-0.2, 0) is 20.8 Å². The number of hydrogen-bond donors (Lipinski definition) is 5. The highest BCUT2D eigenvalue weighted by atomic mass is 19.1. The van der Waals surface area contributed by atoms with Crippen LogP contribution in [0.2, 0.25) is 0 Å². The summed E-state index contributed by atoms with van der Waals surface area (Å²) in [6.07, 6.45) is 0.373. The molecule has 0 aromatic heterocycles. The molecule has 1 saturated carbocycles. The molecule has 0 spiro atoms. The van der Waals surface area contributed by atoms with Crippen molar-refractivity contribution >= 4 is 17.7 Å². The maximum absolute atomic E-state index is 13.5. The Morgan fingerprint density at radius 1 is 1.02 bits per heavy atom. The molecule has 0 radical (unpaired) electrons. The summed E-state index contributed by atoms with van der Waals surface area (Å²) in [5.41, 5.74) is 0.837. The Kier molecular flexibility index (Phi) is 9.82. The van der Waals surface area contributed by atoms with Crippen molar-refractivity contribution in [1.82, 2.24) is 20.9 Å². The van der Waals surface area contributed by atoms with E-state index in [1.165, 1.54) is 35.2 Å². The van der Waals surface area contributed by atoms with Gasteiger partial charge in [-0.3, -0.25) is 14.4 Å². The van der Waals surface area contributed by atoms with Gasteiger partial charge in [-0.25, -0.2) is 4.39 Å². The summed E-state index contributed by atoms with van der Waals surface area (Å²) in [6, 6.07) is 7.95. The number of rotatable bonds is 3. The Morgan fingerprint density at radius 3 is 2.41 bits per heavy atom. The first-order chi connectivity index (χ1) is 19.5. The smallest absolute Gasteiger partial charge is 0.243 e. The molecule has 3 amide bonds. The molecule has 10 nitrogen and oxygen atoms in total. The zero-order valence-corrected chi connectivity index (χ0v) is 23.6. The number of nitrogens with zero attached hydrogens (tertiary/aromatic N) is 1. The number of aliphatic hydroxyl groups is 1. The zero-order chi connectivity index (χ0) is 29.7. The third kappa shape index (κ3) is 7.74. The van der Waals surface area contributed by atoms with E-state index >= 15 is 0 Å². The lowest BCUT2D eigenvalue weighted by molar-refractivity contribution is -0.141. The summed E-state index contributed by atoms with van der Waals surface area (Å²) in [5.74, 6) is -1.37. The van der Waals surface area contributed by atoms with Gasteiger partial charge >= 0.3 is 0 Å². The number of aromatic hydroxyl groups is 1. The molecule has 0 saturated heterocycles. The predicted octanol–water partition coefficient (Wildman–Crippen LogP) is 1.79. The number of phenols is 1. The monoisotopic (exact) mass is 570 g/mol. The molecule has 1 heterocycles. The molecule has 2 aromatic rings. The minimum atomic E-state index is -1.15. The topological polar surface area (TPSA) is 140 Å². The average molecular weight is 571 g/mol. The van der Waals surface area contributed by atoms with Gasteiger partial charge < -0.3 is 35.8 Å². The fraction of sp³-hybridized carbons (Fsp3) is 0.500. The Balaban J connectivity index is 1.61. The van der Waals surface area contributed by atoms with Crippen molar-refractivity contribution in [2.24, 2.45) is 5.92 Å². The quantitative estimate of drug-likeness (QED) is 0.379. The second-order valence-electron chi connectivity index (χ2n) is 11.0. The highest BCUT2D eigenvalue weighted by molar-refractivity contribution is 5.93. The van der Waals surface area contributed by atoms with Gasteiger partial charge in [-0.2, -0.15) is 0 Å². The van der Waals surface area contributed by atoms with Gasteiger partial charge in [-0.1, -0.05) is 18.2 Å². The summed E-state index contributed by atoms with van der Waals surface area (Å²) < 4.78 is 19.5. The second-order valence-corrected chi connectivity index (χ2v) is 11.0. The molecule has 4 rings (SSSR count). The van der Waals surface area contributed by atoms with E-state index in [1.807, 2.05) is 6.92 Å². The molecule has 11 heteroatoms. The number of carbonyl (C=O) groups excluding carboxylic acids is 3. The van der Waals surface area contributed by atoms with Gasteiger partial charge in [0.2, 0.25) is 17.7 Å². The van der Waals surface area contributed by atoms with Crippen LogP contribution in [0.1, 0.15) is 50.3 Å². The number of ether oxygens (including phenoxy) is 1. The van der Waals surface area contributed by atoms with Crippen LogP contribution in [0.5, 0.6) is 11.5 Å². The number of benzene rings is 2. The molecule has 1 unspecified atom stereocenters. The van der Waals surface area contributed by atoms with Gasteiger partial charge in [0.05, 0.1) is 17.7 Å². The van der Waals surface area contributed by atoms with Crippen LogP contribution in [0.4, 0.5) is 4.39 Å². The van der Waals surface area contributed by atoms with E-state index in [0.717, 1.165) is 12.8 Å². The minimum absolute atomic E-state index is 0.0394. The van der Waals surface area contributed by atoms with Crippen LogP contribution < -0.4 is 20.7 Å². The second kappa shape index (κ2) is 13.3. The van der Waals surface area contributed by atoms with Crippen molar-refractivity contribution < 1.29 is 33.7 Å². The standard InChI is InChI=1S/C30H39FN4O6/c1-17-16-33-27(20-9-10-20)30(40)35(3)18(2)28(38)34-22(15-19-7-11-21(31)12-8-19)29(39)32-14-13-24(37)26-23(36)5-4-6-25(26)41-17/h4-8,11-12,17-18,20,22,24,27,33,36-37H,9-10,13-16H2,1-3H3,(H,32,39)(H,34,38)/t17-,18-,22-,24?,27+/m1/s1. The van der Waals surface area contributed by atoms with Crippen molar-refractivity contribution in [1.29, 1.82) is 0 Å². The third-order valence-corrected chi connectivity index (χ3v) is 7.70. The first-order valence-electron chi connectivity index (χ1n) is 14.0. The van der Waals surface area contributed by atoms with E-state index in [4.69, 9.17) is 4.74 Å². The van der Waals surface area contributed by atoms with Crippen LogP contribution in [0.25, 0.3) is 0 Å². The maximum Gasteiger partial charge on any atom is 0.243 e. The minimum Gasteiger partial charge on any atom is -0.507 e. The number of halogens is 1. The Bertz CT molecular complexity index is 1240. The van der Waals surface area contributed by atoms with E-state index in [2.05, 4.69) is 16.0 Å². The SMILES string of the molecule is C[C@@H]1CN[C@@H](C2CC2)C(=O)N(C)[C@H](C)C(=O)N[C@H](Cc2ccc(F)cc2)C(=O)NCCC(O)c2c(O)cccc2O1. The number of carbonyl (C=O) groups is 3. The number of hydrogen-bond acceptors (Lipinski definition) is 7. The van der Waals surface area contributed by atoms with Crippen LogP contribution in [0, 0.1) is 11.7 Å². The largest absolute Gasteiger partial charge is 0.507 e. The Morgan fingerprint density at radius 2 is 1.73 bits per heavy atom. The molecule has 5 atom stereocenters. The molecular weight excluding hydrogens is 531 g/mol. The number of likely N-dealkylation sites (N-methyl/N-ethyl adjacent to an activating group) is 1. The lowest BCUT2D eigenvalue weighted by Crippen LogP contribution is -2.57. The molecule has 1 aliphatic carbocycles. The molecule has 1 aliphatic heterocycles. The van der Waals surface area contributed by atoms with Crippen molar-refractivity contribution in [2.45, 2.75) is 69.9 Å². The molecule has 0 bridgehead atoms. The van der Waals surface area contributed by atoms with Crippen molar-refractivity contribution in [2.75, 3.05) is 20.1 Å². The molecular formula is C30H39FN4O6. The summed E-state index contributed by atoms with van der Waals surface area (Å²) in [5, 5.41) is 30.2. The number of aliphatic hydroxyl groups excluding tert-OH is 1. The first-order valence-corrected chi connectivity index (χ1v) is 14.0. The van der Waals surface area contributed by atoms with Crippen LogP contribution in [-0.4, -0.2) is 77.2 Å². The lowest BCUT2D eigenvalue weighted by atomic mass is 10.0. The van der Waals surface area contributed by atoms with Crippen molar-refractivity contribution in [3.8, 4) is 11.5 Å². The van der Waals surface area contributed by atoms with Gasteiger partial charge in [0.25, 0.3) is 0 Å². The van der Waals surface area contributed by atoms with Crippen LogP contribution in [0.3, 0.4) is 0 Å². The molecule has 2 aromatic carbocycles. The molecule has 5 N–H and O–H groups in total. The van der Waals surface area contributed by atoms with Gasteiger partial charge in [-0.05, 0) is 68.9 Å². The normalized spacial score (nSPS) is 27.1.